The number of rotatable bonds is 4. The van der Waals surface area contributed by atoms with Crippen LogP contribution < -0.4 is 4.74 Å². The van der Waals surface area contributed by atoms with Crippen LogP contribution in [-0.2, 0) is 33.3 Å². The van der Waals surface area contributed by atoms with Crippen LogP contribution >= 0.6 is 22.9 Å². The van der Waals surface area contributed by atoms with Gasteiger partial charge in [-0.05, 0) is 29.7 Å². The number of amides is 2. The Kier molecular flexibility index (Phi) is 5.49. The average molecular weight is 519 g/mol. The van der Waals surface area contributed by atoms with Gasteiger partial charge in [0.15, 0.2) is 0 Å². The van der Waals surface area contributed by atoms with Gasteiger partial charge in [0.05, 0.1) is 29.2 Å². The monoisotopic (exact) mass is 518 g/mol. The minimum Gasteiger partial charge on any atom is -0.497 e. The number of carbonyl (C=O) groups excluding carboxylic acids is 3. The number of pyridine rings is 1. The van der Waals surface area contributed by atoms with E-state index in [-0.39, 0.29) is 58.0 Å². The van der Waals surface area contributed by atoms with Crippen molar-refractivity contribution in [2.45, 2.75) is 45.6 Å². The zero-order chi connectivity index (χ0) is 25.3. The first-order valence-electron chi connectivity index (χ1n) is 11.0. The molecule has 1 aromatic carbocycles. The minimum atomic E-state index is -3.66. The van der Waals surface area contributed by atoms with Crippen molar-refractivity contribution >= 4 is 50.8 Å². The Labute approximate surface area is 208 Å². The van der Waals surface area contributed by atoms with Crippen molar-refractivity contribution in [3.05, 3.63) is 45.4 Å². The molecular formula is C25H21ClF2N2O4S. The van der Waals surface area contributed by atoms with Gasteiger partial charge in [-0.15, -0.1) is 11.3 Å². The molecule has 1 fully saturated rings. The number of Topliss-reactive ketones (excluding diaryl/α,β-unsaturated/α-hetero) is 1. The molecule has 0 N–H and O–H groups in total. The second-order valence-electron chi connectivity index (χ2n) is 9.40. The van der Waals surface area contributed by atoms with Crippen LogP contribution in [0.2, 0.25) is 5.02 Å². The lowest BCUT2D eigenvalue weighted by atomic mass is 9.73. The number of likely N-dealkylation sites (tertiary alicyclic amines) is 1. The second kappa shape index (κ2) is 8.06. The molecule has 6 nitrogen and oxygen atoms in total. The van der Waals surface area contributed by atoms with E-state index in [0.29, 0.717) is 27.8 Å². The number of imide groups is 1. The number of benzene rings is 1. The topological polar surface area (TPSA) is 76.6 Å². The molecule has 1 saturated heterocycles. The molecule has 0 radical (unpaired) electrons. The first-order chi connectivity index (χ1) is 16.5. The van der Waals surface area contributed by atoms with Gasteiger partial charge in [-0.25, -0.2) is 4.98 Å². The fourth-order valence-electron chi connectivity index (χ4n) is 4.77. The molecule has 0 bridgehead atoms. The van der Waals surface area contributed by atoms with E-state index in [1.807, 2.05) is 0 Å². The van der Waals surface area contributed by atoms with Crippen LogP contribution in [0.1, 0.15) is 42.8 Å². The Hall–Kier alpha value is -2.91. The summed E-state index contributed by atoms with van der Waals surface area (Å²) in [6.07, 6.45) is 0.335. The van der Waals surface area contributed by atoms with E-state index < -0.39 is 17.1 Å². The van der Waals surface area contributed by atoms with Gasteiger partial charge in [0, 0.05) is 29.2 Å². The third-order valence-corrected chi connectivity index (χ3v) is 8.20. The maximum Gasteiger partial charge on any atom is 0.340 e. The number of ketones is 1. The van der Waals surface area contributed by atoms with Crippen LogP contribution in [0.5, 0.6) is 5.75 Å². The molecule has 0 saturated carbocycles. The first kappa shape index (κ1) is 23.8. The second-order valence-corrected chi connectivity index (χ2v) is 10.8. The zero-order valence-electron chi connectivity index (χ0n) is 19.2. The molecule has 2 amide bonds. The van der Waals surface area contributed by atoms with Crippen molar-refractivity contribution in [2.75, 3.05) is 7.11 Å². The van der Waals surface area contributed by atoms with Crippen LogP contribution in [0.25, 0.3) is 21.3 Å². The predicted molar refractivity (Wildman–Crippen MR) is 128 cm³/mol. The van der Waals surface area contributed by atoms with Crippen molar-refractivity contribution in [2.24, 2.45) is 5.41 Å². The Morgan fingerprint density at radius 1 is 1.11 bits per heavy atom. The maximum atomic E-state index is 15.3. The van der Waals surface area contributed by atoms with Crippen molar-refractivity contribution in [3.63, 3.8) is 0 Å². The van der Waals surface area contributed by atoms with Gasteiger partial charge < -0.3 is 4.74 Å². The van der Waals surface area contributed by atoms with Gasteiger partial charge in [0.1, 0.15) is 10.6 Å². The molecule has 0 spiro atoms. The summed E-state index contributed by atoms with van der Waals surface area (Å²) < 4.78 is 35.8. The highest BCUT2D eigenvalue weighted by Crippen LogP contribution is 2.53. The summed E-state index contributed by atoms with van der Waals surface area (Å²) in [7, 11) is 1.53. The van der Waals surface area contributed by atoms with E-state index in [4.69, 9.17) is 16.3 Å². The summed E-state index contributed by atoms with van der Waals surface area (Å²) in [5, 5.41) is 0.636. The molecular weight excluding hydrogens is 498 g/mol. The molecule has 2 aliphatic rings. The highest BCUT2D eigenvalue weighted by molar-refractivity contribution is 7.19. The molecule has 3 heterocycles. The van der Waals surface area contributed by atoms with Gasteiger partial charge in [-0.3, -0.25) is 19.3 Å². The van der Waals surface area contributed by atoms with E-state index in [0.717, 1.165) is 16.2 Å². The van der Waals surface area contributed by atoms with Crippen molar-refractivity contribution in [1.29, 1.82) is 0 Å². The number of fused-ring (bicyclic) bond motifs is 3. The number of thiophene rings is 1. The summed E-state index contributed by atoms with van der Waals surface area (Å²) in [6, 6.07) is 6.98. The molecule has 182 valence electrons. The van der Waals surface area contributed by atoms with Crippen LogP contribution in [0.3, 0.4) is 0 Å². The first-order valence-corrected chi connectivity index (χ1v) is 12.2. The van der Waals surface area contributed by atoms with Gasteiger partial charge in [-0.2, -0.15) is 8.78 Å². The van der Waals surface area contributed by atoms with E-state index in [1.54, 1.807) is 24.3 Å². The van der Waals surface area contributed by atoms with Gasteiger partial charge in [0.2, 0.25) is 17.6 Å². The number of halogens is 3. The molecule has 3 aromatic rings. The Balaban J connectivity index is 1.79. The quantitative estimate of drug-likeness (QED) is 0.425. The molecule has 0 unspecified atom stereocenters. The number of hydrogen-bond acceptors (Lipinski definition) is 6. The van der Waals surface area contributed by atoms with Gasteiger partial charge >= 0.3 is 5.92 Å². The summed E-state index contributed by atoms with van der Waals surface area (Å²) in [4.78, 5) is 42.6. The van der Waals surface area contributed by atoms with E-state index in [1.165, 1.54) is 21.0 Å². The summed E-state index contributed by atoms with van der Waals surface area (Å²) >= 11 is 7.60. The lowest BCUT2D eigenvalue weighted by molar-refractivity contribution is -0.155. The standard InChI is InChI=1S/C25H21ClF2N2O4S/c1-24(2)10-14-19-18(12-4-6-13(34-3)7-5-12)20(26)15(11-30-16(31)8-9-17(30)32)29-22(19)35-21(14)25(27,28)23(24)33/h4-7H,8-11H2,1-3H3. The number of alkyl halides is 2. The number of ether oxygens (including phenoxy) is 1. The minimum absolute atomic E-state index is 0.111. The summed E-state index contributed by atoms with van der Waals surface area (Å²) in [6.45, 7) is 2.87. The summed E-state index contributed by atoms with van der Waals surface area (Å²) in [5.41, 5.74) is 0.427. The van der Waals surface area contributed by atoms with Crippen LogP contribution in [-0.4, -0.2) is 34.6 Å². The van der Waals surface area contributed by atoms with Crippen LogP contribution in [0.4, 0.5) is 8.78 Å². The van der Waals surface area contributed by atoms with Crippen LogP contribution in [0, 0.1) is 5.41 Å². The van der Waals surface area contributed by atoms with Gasteiger partial charge in [-0.1, -0.05) is 37.6 Å². The number of carbonyl (C=O) groups is 3. The largest absolute Gasteiger partial charge is 0.497 e. The molecule has 1 aliphatic carbocycles. The lowest BCUT2D eigenvalue weighted by Crippen LogP contribution is -2.43. The zero-order valence-corrected chi connectivity index (χ0v) is 20.8. The average Bonchev–Trinajstić information content (AvgIpc) is 3.33. The van der Waals surface area contributed by atoms with Crippen molar-refractivity contribution in [1.82, 2.24) is 9.88 Å². The van der Waals surface area contributed by atoms with E-state index in [2.05, 4.69) is 4.98 Å². The fraction of sp³-hybridized carbons (Fsp3) is 0.360. The smallest absolute Gasteiger partial charge is 0.340 e. The number of nitrogens with zero attached hydrogens (tertiary/aromatic N) is 2. The van der Waals surface area contributed by atoms with E-state index >= 15 is 8.78 Å². The fourth-order valence-corrected chi connectivity index (χ4v) is 6.27. The third kappa shape index (κ3) is 3.63. The lowest BCUT2D eigenvalue weighted by Gasteiger charge is -2.33. The molecule has 35 heavy (non-hydrogen) atoms. The van der Waals surface area contributed by atoms with E-state index in [9.17, 15) is 14.4 Å². The highest BCUT2D eigenvalue weighted by Gasteiger charge is 2.55. The highest BCUT2D eigenvalue weighted by atomic mass is 35.5. The maximum absolute atomic E-state index is 15.3. The summed E-state index contributed by atoms with van der Waals surface area (Å²) in [5.74, 6) is -4.84. The van der Waals surface area contributed by atoms with Crippen molar-refractivity contribution < 1.29 is 27.9 Å². The van der Waals surface area contributed by atoms with Crippen LogP contribution in [0.15, 0.2) is 24.3 Å². The molecule has 10 heteroatoms. The normalized spacial score (nSPS) is 18.9. The molecule has 0 atom stereocenters. The number of aromatic nitrogens is 1. The number of methoxy groups -OCH3 is 1. The third-order valence-electron chi connectivity index (χ3n) is 6.59. The predicted octanol–water partition coefficient (Wildman–Crippen LogP) is 5.52. The molecule has 5 rings (SSSR count). The number of hydrogen-bond donors (Lipinski definition) is 0. The Morgan fingerprint density at radius 2 is 1.74 bits per heavy atom. The Bertz CT molecular complexity index is 1400. The van der Waals surface area contributed by atoms with Crippen molar-refractivity contribution in [3.8, 4) is 16.9 Å². The Morgan fingerprint density at radius 3 is 2.34 bits per heavy atom. The SMILES string of the molecule is COc1ccc(-c2c(Cl)c(CN3C(=O)CCC3=O)nc3sc4c(c23)CC(C)(C)C(=O)C4(F)F)cc1. The molecule has 2 aromatic heterocycles. The van der Waals surface area contributed by atoms with Gasteiger partial charge in [0.25, 0.3) is 0 Å². The molecule has 1 aliphatic heterocycles.